The van der Waals surface area contributed by atoms with Crippen molar-refractivity contribution in [1.82, 2.24) is 4.90 Å². The first kappa shape index (κ1) is 19.4. The van der Waals surface area contributed by atoms with Crippen LogP contribution in [0.5, 0.6) is 0 Å². The topological polar surface area (TPSA) is 92.8 Å². The summed E-state index contributed by atoms with van der Waals surface area (Å²) in [4.78, 5) is 51.2. The van der Waals surface area contributed by atoms with Crippen LogP contribution in [0.2, 0.25) is 0 Å². The van der Waals surface area contributed by atoms with Crippen LogP contribution in [0.4, 0.5) is 5.69 Å². The van der Waals surface area contributed by atoms with Gasteiger partial charge in [-0.15, -0.1) is 0 Å². The van der Waals surface area contributed by atoms with Crippen LogP contribution in [-0.2, 0) is 23.9 Å². The van der Waals surface area contributed by atoms with Gasteiger partial charge in [0.2, 0.25) is 11.8 Å². The lowest BCUT2D eigenvalue weighted by Gasteiger charge is -2.23. The first-order chi connectivity index (χ1) is 13.8. The van der Waals surface area contributed by atoms with E-state index in [9.17, 15) is 19.2 Å². The predicted molar refractivity (Wildman–Crippen MR) is 105 cm³/mol. The van der Waals surface area contributed by atoms with E-state index in [2.05, 4.69) is 5.32 Å². The molecular formula is C22H24N2O5. The summed E-state index contributed by atoms with van der Waals surface area (Å²) in [5, 5.41) is 2.71. The fourth-order valence-electron chi connectivity index (χ4n) is 4.74. The first-order valence-electron chi connectivity index (χ1n) is 9.87. The standard InChI is InChI=1S/C22H24N2O5/c1-11-5-4-6-16(12(11)2)23-17(25)10-29-22(28)13(3)24-20(26)18-14-7-8-15(9-14)19(18)21(24)27/h4-8,13-15,18-19H,9-10H2,1-3H3,(H,23,25)/t13-,14-,15-,18+,19+/m0/s1. The SMILES string of the molecule is Cc1cccc(NC(=O)COC(=O)[C@H](C)N2C(=O)[C@H]3[C@H](C2=O)[C@H]2C=C[C@H]3C2)c1C. The smallest absolute Gasteiger partial charge is 0.329 e. The molecule has 2 bridgehead atoms. The number of nitrogens with zero attached hydrogens (tertiary/aromatic N) is 1. The number of hydrogen-bond acceptors (Lipinski definition) is 5. The number of nitrogens with one attached hydrogen (secondary N) is 1. The van der Waals surface area contributed by atoms with Crippen molar-refractivity contribution in [1.29, 1.82) is 0 Å². The Morgan fingerprint density at radius 2 is 1.76 bits per heavy atom. The maximum atomic E-state index is 12.8. The highest BCUT2D eigenvalue weighted by Crippen LogP contribution is 2.52. The molecule has 1 saturated carbocycles. The normalized spacial score (nSPS) is 27.9. The maximum Gasteiger partial charge on any atom is 0.329 e. The van der Waals surface area contributed by atoms with Crippen LogP contribution >= 0.6 is 0 Å². The molecule has 1 aromatic rings. The summed E-state index contributed by atoms with van der Waals surface area (Å²) in [5.74, 6) is -2.40. The van der Waals surface area contributed by atoms with Gasteiger partial charge in [0, 0.05) is 5.69 Å². The van der Waals surface area contributed by atoms with Gasteiger partial charge in [-0.3, -0.25) is 19.3 Å². The molecule has 0 spiro atoms. The van der Waals surface area contributed by atoms with Crippen molar-refractivity contribution in [2.75, 3.05) is 11.9 Å². The summed E-state index contributed by atoms with van der Waals surface area (Å²) in [5.41, 5.74) is 2.62. The third kappa shape index (κ3) is 3.14. The van der Waals surface area contributed by atoms with E-state index in [1.54, 1.807) is 6.07 Å². The van der Waals surface area contributed by atoms with Crippen LogP contribution in [0.3, 0.4) is 0 Å². The van der Waals surface area contributed by atoms with E-state index < -0.39 is 24.5 Å². The van der Waals surface area contributed by atoms with E-state index in [4.69, 9.17) is 4.74 Å². The Hall–Kier alpha value is -2.96. The molecule has 29 heavy (non-hydrogen) atoms. The number of amides is 3. The van der Waals surface area contributed by atoms with Gasteiger partial charge < -0.3 is 10.1 Å². The number of likely N-dealkylation sites (tertiary alicyclic amines) is 1. The lowest BCUT2D eigenvalue weighted by Crippen LogP contribution is -2.45. The van der Waals surface area contributed by atoms with E-state index in [0.29, 0.717) is 5.69 Å². The minimum absolute atomic E-state index is 0.0815. The zero-order chi connectivity index (χ0) is 20.9. The second kappa shape index (κ2) is 7.13. The molecule has 1 aliphatic heterocycles. The highest BCUT2D eigenvalue weighted by atomic mass is 16.5. The highest BCUT2D eigenvalue weighted by Gasteiger charge is 2.60. The van der Waals surface area contributed by atoms with Crippen LogP contribution < -0.4 is 5.32 Å². The fraction of sp³-hybridized carbons (Fsp3) is 0.455. The third-order valence-electron chi connectivity index (χ3n) is 6.46. The molecule has 7 nitrogen and oxygen atoms in total. The van der Waals surface area contributed by atoms with Crippen LogP contribution in [0, 0.1) is 37.5 Å². The molecule has 3 amide bonds. The minimum atomic E-state index is -1.05. The van der Waals surface area contributed by atoms with Crippen LogP contribution in [0.25, 0.3) is 0 Å². The maximum absolute atomic E-state index is 12.8. The van der Waals surface area contributed by atoms with Crippen LogP contribution in [0.15, 0.2) is 30.4 Å². The van der Waals surface area contributed by atoms with Gasteiger partial charge in [0.25, 0.3) is 5.91 Å². The number of esters is 1. The van der Waals surface area contributed by atoms with Crippen LogP contribution in [-0.4, -0.2) is 41.2 Å². The summed E-state index contributed by atoms with van der Waals surface area (Å²) >= 11 is 0. The zero-order valence-corrected chi connectivity index (χ0v) is 16.7. The van der Waals surface area contributed by atoms with Gasteiger partial charge in [-0.05, 0) is 56.2 Å². The molecule has 1 heterocycles. The largest absolute Gasteiger partial charge is 0.454 e. The molecule has 152 valence electrons. The number of carbonyl (C=O) groups excluding carboxylic acids is 4. The average Bonchev–Trinajstić information content (AvgIpc) is 3.37. The molecule has 3 aliphatic rings. The van der Waals surface area contributed by atoms with E-state index in [0.717, 1.165) is 22.4 Å². The summed E-state index contributed by atoms with van der Waals surface area (Å²) in [6.45, 7) is 4.82. The van der Waals surface area contributed by atoms with Crippen molar-refractivity contribution in [3.63, 3.8) is 0 Å². The number of aryl methyl sites for hydroxylation is 1. The summed E-state index contributed by atoms with van der Waals surface area (Å²) < 4.78 is 5.10. The van der Waals surface area contributed by atoms with Crippen molar-refractivity contribution in [3.8, 4) is 0 Å². The zero-order valence-electron chi connectivity index (χ0n) is 16.7. The number of imide groups is 1. The van der Waals surface area contributed by atoms with Gasteiger partial charge in [0.1, 0.15) is 6.04 Å². The fourth-order valence-corrected chi connectivity index (χ4v) is 4.74. The number of anilines is 1. The third-order valence-corrected chi connectivity index (χ3v) is 6.46. The Morgan fingerprint density at radius 1 is 1.14 bits per heavy atom. The van der Waals surface area contributed by atoms with Crippen molar-refractivity contribution >= 4 is 29.4 Å². The number of rotatable bonds is 5. The van der Waals surface area contributed by atoms with Gasteiger partial charge in [-0.2, -0.15) is 0 Å². The average molecular weight is 396 g/mol. The quantitative estimate of drug-likeness (QED) is 0.467. The number of benzene rings is 1. The highest BCUT2D eigenvalue weighted by molar-refractivity contribution is 6.09. The molecule has 4 rings (SSSR count). The summed E-state index contributed by atoms with van der Waals surface area (Å²) in [6, 6.07) is 4.49. The molecule has 2 aliphatic carbocycles. The molecule has 2 fully saturated rings. The Labute approximate surface area is 169 Å². The lowest BCUT2D eigenvalue weighted by molar-refractivity contribution is -0.159. The molecule has 1 aromatic carbocycles. The summed E-state index contributed by atoms with van der Waals surface area (Å²) in [7, 11) is 0. The molecule has 0 aromatic heterocycles. The van der Waals surface area contributed by atoms with Gasteiger partial charge in [-0.25, -0.2) is 4.79 Å². The lowest BCUT2D eigenvalue weighted by atomic mass is 9.85. The van der Waals surface area contributed by atoms with Crippen molar-refractivity contribution in [3.05, 3.63) is 41.5 Å². The Kier molecular flexibility index (Phi) is 4.76. The van der Waals surface area contributed by atoms with Crippen molar-refractivity contribution < 1.29 is 23.9 Å². The summed E-state index contributed by atoms with van der Waals surface area (Å²) in [6.07, 6.45) is 4.83. The van der Waals surface area contributed by atoms with E-state index in [1.165, 1.54) is 6.92 Å². The number of hydrogen-bond donors (Lipinski definition) is 1. The number of carbonyl (C=O) groups is 4. The molecule has 5 atom stereocenters. The van der Waals surface area contributed by atoms with Gasteiger partial charge in [-0.1, -0.05) is 24.3 Å². The second-order valence-corrected chi connectivity index (χ2v) is 8.13. The first-order valence-corrected chi connectivity index (χ1v) is 9.87. The molecular weight excluding hydrogens is 372 g/mol. The van der Waals surface area contributed by atoms with E-state index in [1.807, 2.05) is 38.1 Å². The van der Waals surface area contributed by atoms with Crippen molar-refractivity contribution in [2.24, 2.45) is 23.7 Å². The van der Waals surface area contributed by atoms with Gasteiger partial charge >= 0.3 is 5.97 Å². The number of ether oxygens (including phenoxy) is 1. The van der Waals surface area contributed by atoms with Gasteiger partial charge in [0.15, 0.2) is 6.61 Å². The van der Waals surface area contributed by atoms with Gasteiger partial charge in [0.05, 0.1) is 11.8 Å². The molecule has 7 heteroatoms. The van der Waals surface area contributed by atoms with E-state index in [-0.39, 0.29) is 35.5 Å². The number of fused-ring (bicyclic) bond motifs is 5. The second-order valence-electron chi connectivity index (χ2n) is 8.13. The Balaban J connectivity index is 1.35. The van der Waals surface area contributed by atoms with E-state index >= 15 is 0 Å². The Bertz CT molecular complexity index is 907. The predicted octanol–water partition coefficient (Wildman–Crippen LogP) is 1.98. The molecule has 1 N–H and O–H groups in total. The number of allylic oxidation sites excluding steroid dienone is 2. The monoisotopic (exact) mass is 396 g/mol. The molecule has 0 unspecified atom stereocenters. The van der Waals surface area contributed by atoms with Crippen LogP contribution in [0.1, 0.15) is 24.5 Å². The minimum Gasteiger partial charge on any atom is -0.454 e. The van der Waals surface area contributed by atoms with Crippen molar-refractivity contribution in [2.45, 2.75) is 33.2 Å². The molecule has 1 saturated heterocycles. The molecule has 0 radical (unpaired) electrons. The Morgan fingerprint density at radius 3 is 2.38 bits per heavy atom.